The predicted molar refractivity (Wildman–Crippen MR) is 118 cm³/mol. The standard InChI is InChI=1S/C24H26N4O/c1-27(2)22-13-15-28(17-22)21-10-8-20(9-11-21)26-24(29)19-12-14-25-23(16-19)18-6-4-3-5-7-18/h3-12,14,16,22H,13,15,17H2,1-2H3,(H,26,29). The highest BCUT2D eigenvalue weighted by molar-refractivity contribution is 6.04. The molecule has 1 aliphatic rings. The fourth-order valence-electron chi connectivity index (χ4n) is 3.70. The Hall–Kier alpha value is -3.18. The van der Waals surface area contributed by atoms with Gasteiger partial charge in [0.1, 0.15) is 0 Å². The van der Waals surface area contributed by atoms with Gasteiger partial charge in [0.2, 0.25) is 0 Å². The van der Waals surface area contributed by atoms with E-state index in [2.05, 4.69) is 46.3 Å². The van der Waals surface area contributed by atoms with Gasteiger partial charge in [0.05, 0.1) is 5.69 Å². The molecule has 3 aromatic rings. The number of hydrogen-bond donors (Lipinski definition) is 1. The number of benzene rings is 2. The van der Waals surface area contributed by atoms with Gasteiger partial charge in [-0.15, -0.1) is 0 Å². The molecule has 1 aromatic heterocycles. The van der Waals surface area contributed by atoms with Crippen molar-refractivity contribution in [3.8, 4) is 11.3 Å². The van der Waals surface area contributed by atoms with Crippen molar-refractivity contribution >= 4 is 17.3 Å². The molecule has 1 unspecified atom stereocenters. The minimum Gasteiger partial charge on any atom is -0.370 e. The third kappa shape index (κ3) is 4.46. The number of carbonyl (C=O) groups is 1. The van der Waals surface area contributed by atoms with E-state index in [1.54, 1.807) is 12.3 Å². The molecule has 148 valence electrons. The summed E-state index contributed by atoms with van der Waals surface area (Å²) in [5, 5.41) is 2.99. The Labute approximate surface area is 172 Å². The largest absolute Gasteiger partial charge is 0.370 e. The highest BCUT2D eigenvalue weighted by Crippen LogP contribution is 2.24. The van der Waals surface area contributed by atoms with Crippen molar-refractivity contribution in [2.75, 3.05) is 37.4 Å². The van der Waals surface area contributed by atoms with E-state index in [0.29, 0.717) is 11.6 Å². The lowest BCUT2D eigenvalue weighted by Gasteiger charge is -2.22. The maximum absolute atomic E-state index is 12.7. The van der Waals surface area contributed by atoms with Crippen molar-refractivity contribution in [2.45, 2.75) is 12.5 Å². The Bertz CT molecular complexity index is 970. The molecule has 4 rings (SSSR count). The lowest BCUT2D eigenvalue weighted by molar-refractivity contribution is 0.102. The first-order valence-corrected chi connectivity index (χ1v) is 9.94. The van der Waals surface area contributed by atoms with Gasteiger partial charge in [-0.3, -0.25) is 9.78 Å². The fraction of sp³-hybridized carbons (Fsp3) is 0.250. The van der Waals surface area contributed by atoms with Gasteiger partial charge in [0, 0.05) is 47.8 Å². The monoisotopic (exact) mass is 386 g/mol. The molecule has 1 saturated heterocycles. The highest BCUT2D eigenvalue weighted by Gasteiger charge is 2.24. The van der Waals surface area contributed by atoms with E-state index in [1.165, 1.54) is 12.1 Å². The van der Waals surface area contributed by atoms with Gasteiger partial charge in [-0.1, -0.05) is 30.3 Å². The van der Waals surface area contributed by atoms with Crippen LogP contribution in [0.15, 0.2) is 72.9 Å². The number of pyridine rings is 1. The predicted octanol–water partition coefficient (Wildman–Crippen LogP) is 4.14. The number of hydrogen-bond acceptors (Lipinski definition) is 4. The average molecular weight is 386 g/mol. The molecule has 5 heteroatoms. The van der Waals surface area contributed by atoms with Crippen molar-refractivity contribution in [3.63, 3.8) is 0 Å². The molecule has 5 nitrogen and oxygen atoms in total. The highest BCUT2D eigenvalue weighted by atomic mass is 16.1. The number of anilines is 2. The van der Waals surface area contributed by atoms with Crippen LogP contribution in [0.25, 0.3) is 11.3 Å². The smallest absolute Gasteiger partial charge is 0.255 e. The summed E-state index contributed by atoms with van der Waals surface area (Å²) in [6.07, 6.45) is 2.85. The molecule has 1 aliphatic heterocycles. The first kappa shape index (κ1) is 19.2. The molecule has 1 atom stereocenters. The van der Waals surface area contributed by atoms with Gasteiger partial charge in [-0.2, -0.15) is 0 Å². The molecule has 1 amide bonds. The Morgan fingerprint density at radius 2 is 1.83 bits per heavy atom. The van der Waals surface area contributed by atoms with Crippen molar-refractivity contribution in [1.82, 2.24) is 9.88 Å². The lowest BCUT2D eigenvalue weighted by atomic mass is 10.1. The SMILES string of the molecule is CN(C)C1CCN(c2ccc(NC(=O)c3ccnc(-c4ccccc4)c3)cc2)C1. The van der Waals surface area contributed by atoms with Gasteiger partial charge in [0.15, 0.2) is 0 Å². The topological polar surface area (TPSA) is 48.5 Å². The van der Waals surface area contributed by atoms with Gasteiger partial charge >= 0.3 is 0 Å². The van der Waals surface area contributed by atoms with Crippen LogP contribution in [0.3, 0.4) is 0 Å². The van der Waals surface area contributed by atoms with E-state index in [1.807, 2.05) is 48.5 Å². The molecule has 0 spiro atoms. The summed E-state index contributed by atoms with van der Waals surface area (Å²) >= 11 is 0. The quantitative estimate of drug-likeness (QED) is 0.716. The molecule has 0 aliphatic carbocycles. The first-order valence-electron chi connectivity index (χ1n) is 9.94. The van der Waals surface area contributed by atoms with Gasteiger partial charge < -0.3 is 15.1 Å². The summed E-state index contributed by atoms with van der Waals surface area (Å²) in [7, 11) is 4.27. The maximum atomic E-state index is 12.7. The zero-order valence-corrected chi connectivity index (χ0v) is 16.9. The van der Waals surface area contributed by atoms with Crippen LogP contribution in [0.2, 0.25) is 0 Å². The molecule has 0 saturated carbocycles. The summed E-state index contributed by atoms with van der Waals surface area (Å²) in [6, 6.07) is 22.1. The molecule has 0 radical (unpaired) electrons. The summed E-state index contributed by atoms with van der Waals surface area (Å²) in [5.74, 6) is -0.133. The normalized spacial score (nSPS) is 16.2. The Morgan fingerprint density at radius 3 is 2.52 bits per heavy atom. The zero-order chi connectivity index (χ0) is 20.2. The van der Waals surface area contributed by atoms with E-state index >= 15 is 0 Å². The van der Waals surface area contributed by atoms with E-state index in [0.717, 1.165) is 30.0 Å². The summed E-state index contributed by atoms with van der Waals surface area (Å²) in [5.41, 5.74) is 4.37. The summed E-state index contributed by atoms with van der Waals surface area (Å²) in [6.45, 7) is 2.10. The van der Waals surface area contributed by atoms with Crippen molar-refractivity contribution in [3.05, 3.63) is 78.5 Å². The number of carbonyl (C=O) groups excluding carboxylic acids is 1. The molecular formula is C24H26N4O. The first-order chi connectivity index (χ1) is 14.1. The molecule has 2 heterocycles. The van der Waals surface area contributed by atoms with Crippen LogP contribution in [0, 0.1) is 0 Å². The van der Waals surface area contributed by atoms with Crippen LogP contribution in [-0.4, -0.2) is 49.0 Å². The molecular weight excluding hydrogens is 360 g/mol. The van der Waals surface area contributed by atoms with Crippen LogP contribution in [0.1, 0.15) is 16.8 Å². The zero-order valence-electron chi connectivity index (χ0n) is 16.9. The Morgan fingerprint density at radius 1 is 1.07 bits per heavy atom. The number of aromatic nitrogens is 1. The van der Waals surface area contributed by atoms with Crippen molar-refractivity contribution < 1.29 is 4.79 Å². The van der Waals surface area contributed by atoms with E-state index in [-0.39, 0.29) is 5.91 Å². The number of likely N-dealkylation sites (N-methyl/N-ethyl adjacent to an activating group) is 1. The summed E-state index contributed by atoms with van der Waals surface area (Å²) in [4.78, 5) is 21.8. The Kier molecular flexibility index (Phi) is 5.58. The van der Waals surface area contributed by atoms with E-state index in [9.17, 15) is 4.79 Å². The fourth-order valence-corrected chi connectivity index (χ4v) is 3.70. The lowest BCUT2D eigenvalue weighted by Crippen LogP contribution is -2.31. The molecule has 2 aromatic carbocycles. The van der Waals surface area contributed by atoms with Crippen LogP contribution < -0.4 is 10.2 Å². The third-order valence-electron chi connectivity index (χ3n) is 5.48. The minimum atomic E-state index is -0.133. The van der Waals surface area contributed by atoms with E-state index in [4.69, 9.17) is 0 Å². The minimum absolute atomic E-state index is 0.133. The second-order valence-corrected chi connectivity index (χ2v) is 7.65. The molecule has 0 bridgehead atoms. The number of amides is 1. The average Bonchev–Trinajstić information content (AvgIpc) is 3.26. The molecule has 1 fully saturated rings. The third-order valence-corrected chi connectivity index (χ3v) is 5.48. The van der Waals surface area contributed by atoms with Gasteiger partial charge in [0.25, 0.3) is 5.91 Å². The number of nitrogens with zero attached hydrogens (tertiary/aromatic N) is 3. The maximum Gasteiger partial charge on any atom is 0.255 e. The molecule has 1 N–H and O–H groups in total. The van der Waals surface area contributed by atoms with Gasteiger partial charge in [-0.25, -0.2) is 0 Å². The summed E-state index contributed by atoms with van der Waals surface area (Å²) < 4.78 is 0. The van der Waals surface area contributed by atoms with Gasteiger partial charge in [-0.05, 0) is 56.9 Å². The van der Waals surface area contributed by atoms with E-state index < -0.39 is 0 Å². The van der Waals surface area contributed by atoms with Crippen molar-refractivity contribution in [1.29, 1.82) is 0 Å². The van der Waals surface area contributed by atoms with Crippen LogP contribution >= 0.6 is 0 Å². The van der Waals surface area contributed by atoms with Crippen molar-refractivity contribution in [2.24, 2.45) is 0 Å². The number of rotatable bonds is 5. The Balaban J connectivity index is 1.43. The second kappa shape index (κ2) is 8.45. The number of nitrogens with one attached hydrogen (secondary N) is 1. The van der Waals surface area contributed by atoms with Crippen LogP contribution in [0.4, 0.5) is 11.4 Å². The van der Waals surface area contributed by atoms with Crippen LogP contribution in [0.5, 0.6) is 0 Å². The molecule has 29 heavy (non-hydrogen) atoms. The van der Waals surface area contributed by atoms with Crippen LogP contribution in [-0.2, 0) is 0 Å². The second-order valence-electron chi connectivity index (χ2n) is 7.65.